The van der Waals surface area contributed by atoms with Gasteiger partial charge in [0, 0.05) is 0 Å². The lowest BCUT2D eigenvalue weighted by atomic mass is 9.93. The fraction of sp³-hybridized carbons (Fsp3) is 0.250. The van der Waals surface area contributed by atoms with Crippen LogP contribution in [0.5, 0.6) is 0 Å². The van der Waals surface area contributed by atoms with Gasteiger partial charge < -0.3 is 10.2 Å². The predicted octanol–water partition coefficient (Wildman–Crippen LogP) is 3.76. The maximum atomic E-state index is 10.5. The summed E-state index contributed by atoms with van der Waals surface area (Å²) >= 11 is 0. The van der Waals surface area contributed by atoms with Gasteiger partial charge in [-0.3, -0.25) is 0 Å². The maximum absolute atomic E-state index is 10.5. The molecule has 4 heteroatoms. The van der Waals surface area contributed by atoms with Gasteiger partial charge in [0.15, 0.2) is 0 Å². The first kappa shape index (κ1) is 15.7. The van der Waals surface area contributed by atoms with Gasteiger partial charge in [0.05, 0.1) is 11.1 Å². The number of hydrogen-bond donors (Lipinski definition) is 2. The molecule has 1 aromatic rings. The van der Waals surface area contributed by atoms with Gasteiger partial charge in [-0.2, -0.15) is 0 Å². The number of rotatable bonds is 2. The van der Waals surface area contributed by atoms with Gasteiger partial charge in [-0.25, -0.2) is 9.59 Å². The Kier molecular flexibility index (Phi) is 5.72. The Morgan fingerprint density at radius 1 is 0.800 bits per heavy atom. The maximum Gasteiger partial charge on any atom is 0.336 e. The van der Waals surface area contributed by atoms with E-state index in [1.165, 1.54) is 61.1 Å². The SMILES string of the molecule is C=C1CCC(=C)CC1.O=C(O)c1ccccc1C(=O)O. The van der Waals surface area contributed by atoms with Gasteiger partial charge in [0.2, 0.25) is 0 Å². The molecule has 0 radical (unpaired) electrons. The molecule has 0 bridgehead atoms. The quantitative estimate of drug-likeness (QED) is 0.805. The zero-order valence-corrected chi connectivity index (χ0v) is 11.3. The van der Waals surface area contributed by atoms with Crippen molar-refractivity contribution in [3.8, 4) is 0 Å². The number of allylic oxidation sites excluding steroid dienone is 2. The third-order valence-corrected chi connectivity index (χ3v) is 3.05. The Hall–Kier alpha value is -2.36. The first-order valence-corrected chi connectivity index (χ1v) is 6.30. The number of hydrogen-bond acceptors (Lipinski definition) is 2. The van der Waals surface area contributed by atoms with Crippen molar-refractivity contribution in [2.24, 2.45) is 0 Å². The van der Waals surface area contributed by atoms with Crippen LogP contribution >= 0.6 is 0 Å². The Morgan fingerprint density at radius 3 is 1.35 bits per heavy atom. The average Bonchev–Trinajstić information content (AvgIpc) is 2.42. The van der Waals surface area contributed by atoms with Crippen LogP contribution in [0.4, 0.5) is 0 Å². The average molecular weight is 274 g/mol. The summed E-state index contributed by atoms with van der Waals surface area (Å²) in [5, 5.41) is 17.1. The van der Waals surface area contributed by atoms with Gasteiger partial charge in [-0.1, -0.05) is 36.4 Å². The summed E-state index contributed by atoms with van der Waals surface area (Å²) in [7, 11) is 0. The molecule has 2 rings (SSSR count). The van der Waals surface area contributed by atoms with E-state index in [4.69, 9.17) is 10.2 Å². The summed E-state index contributed by atoms with van der Waals surface area (Å²) in [6.45, 7) is 7.82. The minimum atomic E-state index is -1.23. The van der Waals surface area contributed by atoms with Crippen LogP contribution in [-0.4, -0.2) is 22.2 Å². The molecule has 0 heterocycles. The molecule has 0 atom stereocenters. The minimum absolute atomic E-state index is 0.190. The second-order valence-electron chi connectivity index (χ2n) is 4.66. The van der Waals surface area contributed by atoms with Crippen molar-refractivity contribution in [3.63, 3.8) is 0 Å². The second kappa shape index (κ2) is 7.28. The van der Waals surface area contributed by atoms with Gasteiger partial charge in [-0.15, -0.1) is 0 Å². The van der Waals surface area contributed by atoms with Crippen molar-refractivity contribution >= 4 is 11.9 Å². The highest BCUT2D eigenvalue weighted by Crippen LogP contribution is 2.24. The molecule has 1 aromatic carbocycles. The highest BCUT2D eigenvalue weighted by molar-refractivity contribution is 6.01. The molecule has 0 saturated heterocycles. The fourth-order valence-electron chi connectivity index (χ4n) is 1.81. The van der Waals surface area contributed by atoms with Crippen LogP contribution in [0, 0.1) is 0 Å². The number of carboxylic acids is 2. The van der Waals surface area contributed by atoms with E-state index in [0.717, 1.165) is 0 Å². The van der Waals surface area contributed by atoms with Crippen LogP contribution in [0.15, 0.2) is 48.6 Å². The molecule has 1 saturated carbocycles. The normalized spacial score (nSPS) is 14.2. The number of benzene rings is 1. The van der Waals surface area contributed by atoms with E-state index < -0.39 is 11.9 Å². The van der Waals surface area contributed by atoms with Gasteiger partial charge in [0.1, 0.15) is 0 Å². The molecule has 1 aliphatic rings. The standard InChI is InChI=1S/C8H6O4.C8H12/c9-7(10)5-3-1-2-4-6(5)8(11)12;1-7-3-5-8(2)6-4-7/h1-4H,(H,9,10)(H,11,12);1-6H2. The topological polar surface area (TPSA) is 74.6 Å². The molecule has 2 N–H and O–H groups in total. The zero-order chi connectivity index (χ0) is 15.1. The summed E-state index contributed by atoms with van der Waals surface area (Å²) in [6, 6.07) is 5.48. The van der Waals surface area contributed by atoms with Crippen molar-refractivity contribution in [2.45, 2.75) is 25.7 Å². The summed E-state index contributed by atoms with van der Waals surface area (Å²) in [5.74, 6) is -2.46. The molecule has 4 nitrogen and oxygen atoms in total. The molecule has 1 aliphatic carbocycles. The number of carboxylic acid groups (broad SMARTS) is 2. The van der Waals surface area contributed by atoms with Crippen molar-refractivity contribution in [3.05, 3.63) is 59.7 Å². The number of aromatic carboxylic acids is 2. The van der Waals surface area contributed by atoms with E-state index in [2.05, 4.69) is 13.2 Å². The molecule has 0 aliphatic heterocycles. The van der Waals surface area contributed by atoms with Crippen molar-refractivity contribution in [1.29, 1.82) is 0 Å². The molecule has 0 amide bonds. The Balaban J connectivity index is 0.000000217. The van der Waals surface area contributed by atoms with E-state index in [9.17, 15) is 9.59 Å². The van der Waals surface area contributed by atoms with Crippen molar-refractivity contribution < 1.29 is 19.8 Å². The molecule has 0 aromatic heterocycles. The zero-order valence-electron chi connectivity index (χ0n) is 11.3. The van der Waals surface area contributed by atoms with Crippen LogP contribution in [0.1, 0.15) is 46.4 Å². The monoisotopic (exact) mass is 274 g/mol. The van der Waals surface area contributed by atoms with Gasteiger partial charge in [0.25, 0.3) is 0 Å². The lowest BCUT2D eigenvalue weighted by Crippen LogP contribution is -2.06. The molecule has 0 unspecified atom stereocenters. The van der Waals surface area contributed by atoms with Gasteiger partial charge in [-0.05, 0) is 37.8 Å². The lowest BCUT2D eigenvalue weighted by molar-refractivity contribution is 0.0651. The highest BCUT2D eigenvalue weighted by Gasteiger charge is 2.13. The van der Waals surface area contributed by atoms with Crippen LogP contribution in [0.2, 0.25) is 0 Å². The van der Waals surface area contributed by atoms with E-state index in [1.807, 2.05) is 0 Å². The molecular weight excluding hydrogens is 256 g/mol. The third-order valence-electron chi connectivity index (χ3n) is 3.05. The highest BCUT2D eigenvalue weighted by atomic mass is 16.4. The van der Waals surface area contributed by atoms with E-state index in [-0.39, 0.29) is 11.1 Å². The fourth-order valence-corrected chi connectivity index (χ4v) is 1.81. The number of carbonyl (C=O) groups is 2. The largest absolute Gasteiger partial charge is 0.478 e. The first-order chi connectivity index (χ1) is 9.41. The van der Waals surface area contributed by atoms with Crippen LogP contribution in [0.3, 0.4) is 0 Å². The Bertz CT molecular complexity index is 482. The predicted molar refractivity (Wildman–Crippen MR) is 77.1 cm³/mol. The van der Waals surface area contributed by atoms with Crippen molar-refractivity contribution in [1.82, 2.24) is 0 Å². The molecule has 1 fully saturated rings. The van der Waals surface area contributed by atoms with E-state index >= 15 is 0 Å². The van der Waals surface area contributed by atoms with Crippen LogP contribution in [-0.2, 0) is 0 Å². The summed E-state index contributed by atoms with van der Waals surface area (Å²) < 4.78 is 0. The minimum Gasteiger partial charge on any atom is -0.478 e. The Labute approximate surface area is 118 Å². The lowest BCUT2D eigenvalue weighted by Gasteiger charge is -2.13. The Morgan fingerprint density at radius 2 is 1.10 bits per heavy atom. The molecule has 0 spiro atoms. The third kappa shape index (κ3) is 4.72. The summed E-state index contributed by atoms with van der Waals surface area (Å²) in [6.07, 6.45) is 4.72. The van der Waals surface area contributed by atoms with Crippen LogP contribution in [0.25, 0.3) is 0 Å². The smallest absolute Gasteiger partial charge is 0.336 e. The molecule has 20 heavy (non-hydrogen) atoms. The summed E-state index contributed by atoms with van der Waals surface area (Å²) in [5.41, 5.74) is 2.42. The van der Waals surface area contributed by atoms with Crippen molar-refractivity contribution in [2.75, 3.05) is 0 Å². The summed E-state index contributed by atoms with van der Waals surface area (Å²) in [4.78, 5) is 20.9. The second-order valence-corrected chi connectivity index (χ2v) is 4.66. The van der Waals surface area contributed by atoms with E-state index in [1.54, 1.807) is 0 Å². The van der Waals surface area contributed by atoms with E-state index in [0.29, 0.717) is 0 Å². The molecular formula is C16H18O4. The first-order valence-electron chi connectivity index (χ1n) is 6.30. The molecule has 106 valence electrons. The van der Waals surface area contributed by atoms with Crippen LogP contribution < -0.4 is 0 Å². The van der Waals surface area contributed by atoms with Gasteiger partial charge >= 0.3 is 11.9 Å².